The van der Waals surface area contributed by atoms with Crippen molar-refractivity contribution in [1.82, 2.24) is 9.55 Å². The quantitative estimate of drug-likeness (QED) is 0.707. The summed E-state index contributed by atoms with van der Waals surface area (Å²) in [7, 11) is 2.97. The molecule has 8 heteroatoms. The third-order valence-electron chi connectivity index (χ3n) is 3.16. The maximum absolute atomic E-state index is 12.1. The van der Waals surface area contributed by atoms with Gasteiger partial charge in [0.05, 0.1) is 6.61 Å². The van der Waals surface area contributed by atoms with E-state index < -0.39 is 28.8 Å². The molecule has 0 bridgehead atoms. The predicted octanol–water partition coefficient (Wildman–Crippen LogP) is 0.119. The van der Waals surface area contributed by atoms with Crippen molar-refractivity contribution in [1.29, 1.82) is 0 Å². The molecule has 1 rings (SSSR count). The first-order chi connectivity index (χ1) is 9.99. The molecule has 1 heterocycles. The van der Waals surface area contributed by atoms with Crippen LogP contribution in [-0.2, 0) is 9.47 Å². The number of hydrogen-bond donors (Lipinski definition) is 2. The standard InChI is InChI=1S/C13H22N2O5S/c1-5-21-12(10(20-4)9(7-16)19-3)15-6-8(2)11(17)14-13(15)18/h6,9-10,12,16H,5,7H2,1-4H3,(H,14,17,18)/t9-,10-,12+/m1/s1. The van der Waals surface area contributed by atoms with Crippen LogP contribution >= 0.6 is 11.8 Å². The van der Waals surface area contributed by atoms with Gasteiger partial charge in [-0.2, -0.15) is 0 Å². The molecule has 0 saturated heterocycles. The third kappa shape index (κ3) is 4.19. The molecule has 21 heavy (non-hydrogen) atoms. The minimum atomic E-state index is -0.571. The predicted molar refractivity (Wildman–Crippen MR) is 81.9 cm³/mol. The van der Waals surface area contributed by atoms with E-state index >= 15 is 0 Å². The molecule has 0 fully saturated rings. The summed E-state index contributed by atoms with van der Waals surface area (Å²) in [6.07, 6.45) is 0.399. The van der Waals surface area contributed by atoms with Gasteiger partial charge in [-0.1, -0.05) is 6.92 Å². The summed E-state index contributed by atoms with van der Waals surface area (Å²) in [4.78, 5) is 25.8. The zero-order chi connectivity index (χ0) is 16.0. The fraction of sp³-hybridized carbons (Fsp3) is 0.692. The molecule has 3 atom stereocenters. The first-order valence-electron chi connectivity index (χ1n) is 6.60. The summed E-state index contributed by atoms with van der Waals surface area (Å²) >= 11 is 1.47. The molecule has 120 valence electrons. The first kappa shape index (κ1) is 18.0. The molecule has 1 aromatic rings. The van der Waals surface area contributed by atoms with Gasteiger partial charge in [0.15, 0.2) is 0 Å². The molecule has 0 amide bonds. The zero-order valence-corrected chi connectivity index (χ0v) is 13.5. The van der Waals surface area contributed by atoms with Crippen LogP contribution < -0.4 is 11.2 Å². The van der Waals surface area contributed by atoms with Crippen molar-refractivity contribution in [3.63, 3.8) is 0 Å². The Labute approximate surface area is 127 Å². The fourth-order valence-corrected chi connectivity index (χ4v) is 3.18. The zero-order valence-electron chi connectivity index (χ0n) is 12.7. The molecule has 0 unspecified atom stereocenters. The van der Waals surface area contributed by atoms with Crippen LogP contribution in [0.5, 0.6) is 0 Å². The van der Waals surface area contributed by atoms with Crippen LogP contribution in [0.4, 0.5) is 0 Å². The number of hydrogen-bond acceptors (Lipinski definition) is 6. The number of aliphatic hydroxyl groups excluding tert-OH is 1. The minimum absolute atomic E-state index is 0.229. The number of aliphatic hydroxyl groups is 1. The van der Waals surface area contributed by atoms with E-state index in [1.54, 1.807) is 6.92 Å². The van der Waals surface area contributed by atoms with E-state index in [1.165, 1.54) is 36.7 Å². The Morgan fingerprint density at radius 3 is 2.52 bits per heavy atom. The molecule has 0 radical (unpaired) electrons. The smallest absolute Gasteiger partial charge is 0.329 e. The summed E-state index contributed by atoms with van der Waals surface area (Å²) in [6, 6.07) is 0. The van der Waals surface area contributed by atoms with Gasteiger partial charge in [0.1, 0.15) is 17.6 Å². The monoisotopic (exact) mass is 318 g/mol. The van der Waals surface area contributed by atoms with Gasteiger partial charge in [-0.05, 0) is 12.7 Å². The molecule has 0 saturated carbocycles. The van der Waals surface area contributed by atoms with Gasteiger partial charge in [0, 0.05) is 26.0 Å². The lowest BCUT2D eigenvalue weighted by Gasteiger charge is -2.31. The topological polar surface area (TPSA) is 93.5 Å². The van der Waals surface area contributed by atoms with Crippen molar-refractivity contribution in [3.05, 3.63) is 32.6 Å². The number of aromatic nitrogens is 2. The lowest BCUT2D eigenvalue weighted by atomic mass is 10.2. The average molecular weight is 318 g/mol. The number of aromatic amines is 1. The van der Waals surface area contributed by atoms with Crippen LogP contribution in [0.1, 0.15) is 17.9 Å². The third-order valence-corrected chi connectivity index (χ3v) is 4.33. The summed E-state index contributed by atoms with van der Waals surface area (Å²) in [5, 5.41) is 8.98. The number of H-pyrrole nitrogens is 1. The van der Waals surface area contributed by atoms with E-state index in [0.717, 1.165) is 5.75 Å². The Hall–Kier alpha value is -1.09. The van der Waals surface area contributed by atoms with Crippen LogP contribution in [0.15, 0.2) is 15.8 Å². The Kier molecular flexibility index (Phi) is 7.16. The second kappa shape index (κ2) is 8.38. The van der Waals surface area contributed by atoms with Crippen LogP contribution in [0.2, 0.25) is 0 Å². The van der Waals surface area contributed by atoms with E-state index in [9.17, 15) is 14.7 Å². The Bertz CT molecular complexity index is 552. The Morgan fingerprint density at radius 1 is 1.38 bits per heavy atom. The number of rotatable bonds is 8. The van der Waals surface area contributed by atoms with Crippen LogP contribution in [0.3, 0.4) is 0 Å². The largest absolute Gasteiger partial charge is 0.394 e. The van der Waals surface area contributed by atoms with E-state index in [4.69, 9.17) is 9.47 Å². The van der Waals surface area contributed by atoms with Crippen molar-refractivity contribution in [3.8, 4) is 0 Å². The molecule has 2 N–H and O–H groups in total. The maximum atomic E-state index is 12.1. The van der Waals surface area contributed by atoms with E-state index in [2.05, 4.69) is 4.98 Å². The second-order valence-corrected chi connectivity index (χ2v) is 5.88. The van der Waals surface area contributed by atoms with Crippen molar-refractivity contribution in [2.75, 3.05) is 26.6 Å². The van der Waals surface area contributed by atoms with Crippen LogP contribution in [-0.4, -0.2) is 53.4 Å². The number of nitrogens with one attached hydrogen (secondary N) is 1. The number of methoxy groups -OCH3 is 2. The Balaban J connectivity index is 3.31. The van der Waals surface area contributed by atoms with E-state index in [1.807, 2.05) is 6.92 Å². The van der Waals surface area contributed by atoms with Crippen molar-refractivity contribution >= 4 is 11.8 Å². The summed E-state index contributed by atoms with van der Waals surface area (Å²) in [5.74, 6) is 0.733. The van der Waals surface area contributed by atoms with Crippen LogP contribution in [0.25, 0.3) is 0 Å². The maximum Gasteiger partial charge on any atom is 0.329 e. The van der Waals surface area contributed by atoms with Gasteiger partial charge < -0.3 is 14.6 Å². The minimum Gasteiger partial charge on any atom is -0.394 e. The number of nitrogens with zero attached hydrogens (tertiary/aromatic N) is 1. The number of thioether (sulfide) groups is 1. The van der Waals surface area contributed by atoms with Gasteiger partial charge in [-0.15, -0.1) is 11.8 Å². The van der Waals surface area contributed by atoms with Crippen molar-refractivity contribution < 1.29 is 14.6 Å². The molecule has 0 aliphatic heterocycles. The molecule has 0 aliphatic carbocycles. The lowest BCUT2D eigenvalue weighted by molar-refractivity contribution is -0.0681. The molecule has 7 nitrogen and oxygen atoms in total. The van der Waals surface area contributed by atoms with Crippen molar-refractivity contribution in [2.45, 2.75) is 31.4 Å². The van der Waals surface area contributed by atoms with E-state index in [-0.39, 0.29) is 6.61 Å². The number of aryl methyl sites for hydroxylation is 1. The second-order valence-electron chi connectivity index (χ2n) is 4.48. The van der Waals surface area contributed by atoms with Crippen LogP contribution in [0, 0.1) is 6.92 Å². The summed E-state index contributed by atoms with van der Waals surface area (Å²) < 4.78 is 12.1. The fourth-order valence-electron chi connectivity index (χ4n) is 2.04. The van der Waals surface area contributed by atoms with Gasteiger partial charge in [-0.3, -0.25) is 14.3 Å². The highest BCUT2D eigenvalue weighted by Gasteiger charge is 2.31. The van der Waals surface area contributed by atoms with Gasteiger partial charge in [0.2, 0.25) is 0 Å². The Morgan fingerprint density at radius 2 is 2.05 bits per heavy atom. The highest BCUT2D eigenvalue weighted by Crippen LogP contribution is 2.29. The van der Waals surface area contributed by atoms with Gasteiger partial charge in [0.25, 0.3) is 5.56 Å². The lowest BCUT2D eigenvalue weighted by Crippen LogP contribution is -2.43. The number of ether oxygens (including phenoxy) is 2. The highest BCUT2D eigenvalue weighted by atomic mass is 32.2. The first-order valence-corrected chi connectivity index (χ1v) is 7.65. The van der Waals surface area contributed by atoms with Gasteiger partial charge in [-0.25, -0.2) is 4.79 Å². The van der Waals surface area contributed by atoms with E-state index in [0.29, 0.717) is 5.56 Å². The average Bonchev–Trinajstić information content (AvgIpc) is 2.47. The van der Waals surface area contributed by atoms with Gasteiger partial charge >= 0.3 is 5.69 Å². The van der Waals surface area contributed by atoms with Crippen molar-refractivity contribution in [2.24, 2.45) is 0 Å². The summed E-state index contributed by atoms with van der Waals surface area (Å²) in [5.41, 5.74) is -0.480. The molecule has 0 aliphatic rings. The molecular formula is C13H22N2O5S. The molecule has 0 spiro atoms. The molecule has 1 aromatic heterocycles. The molecular weight excluding hydrogens is 296 g/mol. The summed E-state index contributed by atoms with van der Waals surface area (Å²) in [6.45, 7) is 3.35. The molecule has 0 aromatic carbocycles. The highest BCUT2D eigenvalue weighted by molar-refractivity contribution is 7.99. The normalized spacial score (nSPS) is 15.7. The SMILES string of the molecule is CCS[C@@H]([C@H](OC)[C@@H](CO)OC)n1cc(C)c(=O)[nH]c1=O.